The van der Waals surface area contributed by atoms with Crippen molar-refractivity contribution in [3.05, 3.63) is 47.6 Å². The molecule has 3 rings (SSSR count). The van der Waals surface area contributed by atoms with Crippen LogP contribution in [0.1, 0.15) is 64.9 Å². The van der Waals surface area contributed by atoms with Crippen molar-refractivity contribution in [3.8, 4) is 11.5 Å². The van der Waals surface area contributed by atoms with E-state index in [1.807, 2.05) is 6.07 Å². The summed E-state index contributed by atoms with van der Waals surface area (Å²) < 4.78 is 10.9. The molecule has 4 nitrogen and oxygen atoms in total. The molecule has 0 bridgehead atoms. The summed E-state index contributed by atoms with van der Waals surface area (Å²) >= 11 is 0. The van der Waals surface area contributed by atoms with Gasteiger partial charge in [0.2, 0.25) is 5.91 Å². The molecule has 0 radical (unpaired) electrons. The fraction of sp³-hybridized carbons (Fsp3) is 0.593. The number of rotatable bonds is 7. The van der Waals surface area contributed by atoms with Crippen molar-refractivity contribution in [2.45, 2.75) is 65.3 Å². The molecule has 0 N–H and O–H groups in total. The normalized spacial score (nSPS) is 24.7. The number of ether oxygens (including phenoxy) is 2. The van der Waals surface area contributed by atoms with Crippen molar-refractivity contribution < 1.29 is 14.3 Å². The highest BCUT2D eigenvalue weighted by atomic mass is 16.5. The van der Waals surface area contributed by atoms with E-state index in [0.717, 1.165) is 43.7 Å². The van der Waals surface area contributed by atoms with Gasteiger partial charge in [0.25, 0.3) is 0 Å². The van der Waals surface area contributed by atoms with Crippen LogP contribution in [0.3, 0.4) is 0 Å². The molecule has 2 aliphatic rings. The summed E-state index contributed by atoms with van der Waals surface area (Å²) in [6.45, 7) is 9.61. The van der Waals surface area contributed by atoms with Crippen LogP contribution in [0.25, 0.3) is 0 Å². The lowest BCUT2D eigenvalue weighted by Crippen LogP contribution is -2.47. The van der Waals surface area contributed by atoms with Gasteiger partial charge in [-0.25, -0.2) is 0 Å². The molecule has 0 spiro atoms. The van der Waals surface area contributed by atoms with Crippen LogP contribution in [0.15, 0.2) is 42.0 Å². The smallest absolute Gasteiger partial charge is 0.226 e. The van der Waals surface area contributed by atoms with Gasteiger partial charge >= 0.3 is 0 Å². The van der Waals surface area contributed by atoms with Crippen LogP contribution >= 0.6 is 0 Å². The highest BCUT2D eigenvalue weighted by Gasteiger charge is 2.34. The molecule has 1 aliphatic heterocycles. The molecule has 4 heteroatoms. The van der Waals surface area contributed by atoms with Crippen LogP contribution in [-0.2, 0) is 4.79 Å². The molecule has 1 heterocycles. The Hall–Kier alpha value is -2.23. The topological polar surface area (TPSA) is 38.8 Å². The quantitative estimate of drug-likeness (QED) is 0.539. The SMILES string of the molecule is COc1ccc(C2CCN(C(=O)[C@@H](C)C3C=CC(CC(C)C)=CC3)C(C)C2)cc1OC. The number of hydrogen-bond donors (Lipinski definition) is 0. The first kappa shape index (κ1) is 23.4. The Kier molecular flexibility index (Phi) is 7.85. The molecule has 0 saturated carbocycles. The van der Waals surface area contributed by atoms with Crippen LogP contribution in [0.2, 0.25) is 0 Å². The molecular weight excluding hydrogens is 386 g/mol. The second-order valence-electron chi connectivity index (χ2n) is 9.64. The molecule has 1 aliphatic carbocycles. The molecule has 170 valence electrons. The Morgan fingerprint density at radius 1 is 1.16 bits per heavy atom. The first-order valence-corrected chi connectivity index (χ1v) is 11.7. The summed E-state index contributed by atoms with van der Waals surface area (Å²) in [6.07, 6.45) is 10.9. The maximum absolute atomic E-state index is 13.3. The Balaban J connectivity index is 1.60. The van der Waals surface area contributed by atoms with E-state index in [-0.39, 0.29) is 12.0 Å². The highest BCUT2D eigenvalue weighted by molar-refractivity contribution is 5.79. The molecule has 0 aromatic heterocycles. The van der Waals surface area contributed by atoms with Crippen LogP contribution in [0.4, 0.5) is 0 Å². The lowest BCUT2D eigenvalue weighted by atomic mass is 9.82. The largest absolute Gasteiger partial charge is 0.493 e. The van der Waals surface area contributed by atoms with Gasteiger partial charge in [0.15, 0.2) is 11.5 Å². The van der Waals surface area contributed by atoms with Crippen molar-refractivity contribution in [3.63, 3.8) is 0 Å². The van der Waals surface area contributed by atoms with Gasteiger partial charge in [-0.2, -0.15) is 0 Å². The number of likely N-dealkylation sites (tertiary alicyclic amines) is 1. The Morgan fingerprint density at radius 2 is 1.90 bits per heavy atom. The van der Waals surface area contributed by atoms with Crippen molar-refractivity contribution in [1.82, 2.24) is 4.90 Å². The number of methoxy groups -OCH3 is 2. The van der Waals surface area contributed by atoms with E-state index in [1.54, 1.807) is 14.2 Å². The third kappa shape index (κ3) is 5.53. The number of piperidine rings is 1. The standard InChI is InChI=1S/C27H39NO3/c1-18(2)15-21-7-9-22(10-8-21)20(4)27(29)28-14-13-24(16-19(28)3)23-11-12-25(30-5)26(17-23)31-6/h7-9,11-12,17-20,22,24H,10,13-16H2,1-6H3/t19?,20-,22?,24?/m0/s1. The first-order chi connectivity index (χ1) is 14.8. The maximum Gasteiger partial charge on any atom is 0.226 e. The lowest BCUT2D eigenvalue weighted by molar-refractivity contribution is -0.139. The molecule has 1 fully saturated rings. The summed E-state index contributed by atoms with van der Waals surface area (Å²) in [4.78, 5) is 15.4. The average molecular weight is 426 g/mol. The molecule has 31 heavy (non-hydrogen) atoms. The van der Waals surface area contributed by atoms with Crippen LogP contribution in [0.5, 0.6) is 11.5 Å². The molecule has 4 atom stereocenters. The fourth-order valence-electron chi connectivity index (χ4n) is 5.03. The van der Waals surface area contributed by atoms with Crippen molar-refractivity contribution >= 4 is 5.91 Å². The molecular formula is C27H39NO3. The van der Waals surface area contributed by atoms with E-state index >= 15 is 0 Å². The van der Waals surface area contributed by atoms with Crippen molar-refractivity contribution in [2.75, 3.05) is 20.8 Å². The summed E-state index contributed by atoms with van der Waals surface area (Å²) in [5.74, 6) is 3.26. The Morgan fingerprint density at radius 3 is 2.48 bits per heavy atom. The zero-order chi connectivity index (χ0) is 22.5. The monoisotopic (exact) mass is 425 g/mol. The number of carbonyl (C=O) groups excluding carboxylic acids is 1. The number of nitrogens with zero attached hydrogens (tertiary/aromatic N) is 1. The van der Waals surface area contributed by atoms with Gasteiger partial charge in [0.05, 0.1) is 14.2 Å². The summed E-state index contributed by atoms with van der Waals surface area (Å²) in [5, 5.41) is 0. The predicted molar refractivity (Wildman–Crippen MR) is 127 cm³/mol. The van der Waals surface area contributed by atoms with E-state index in [1.165, 1.54) is 11.1 Å². The first-order valence-electron chi connectivity index (χ1n) is 11.7. The minimum Gasteiger partial charge on any atom is -0.493 e. The molecule has 1 amide bonds. The van der Waals surface area contributed by atoms with E-state index in [2.05, 4.69) is 63.0 Å². The number of benzene rings is 1. The number of amides is 1. The van der Waals surface area contributed by atoms with E-state index in [0.29, 0.717) is 23.7 Å². The van der Waals surface area contributed by atoms with Gasteiger partial charge in [-0.15, -0.1) is 0 Å². The Bertz CT molecular complexity index is 826. The molecule has 3 unspecified atom stereocenters. The molecule has 1 aromatic rings. The predicted octanol–water partition coefficient (Wildman–Crippen LogP) is 5.98. The summed E-state index contributed by atoms with van der Waals surface area (Å²) in [7, 11) is 3.33. The second-order valence-corrected chi connectivity index (χ2v) is 9.64. The van der Waals surface area contributed by atoms with Crippen molar-refractivity contribution in [1.29, 1.82) is 0 Å². The number of hydrogen-bond acceptors (Lipinski definition) is 3. The maximum atomic E-state index is 13.3. The molecule has 1 saturated heterocycles. The third-order valence-electron chi connectivity index (χ3n) is 6.92. The van der Waals surface area contributed by atoms with Crippen LogP contribution < -0.4 is 9.47 Å². The summed E-state index contributed by atoms with van der Waals surface area (Å²) in [6, 6.07) is 6.44. The highest BCUT2D eigenvalue weighted by Crippen LogP contribution is 2.37. The van der Waals surface area contributed by atoms with Gasteiger partial charge in [0.1, 0.15) is 0 Å². The third-order valence-corrected chi connectivity index (χ3v) is 6.92. The number of allylic oxidation sites excluding steroid dienone is 4. The van der Waals surface area contributed by atoms with Gasteiger partial charge in [-0.3, -0.25) is 4.79 Å². The second kappa shape index (κ2) is 10.4. The Labute approximate surface area is 188 Å². The van der Waals surface area contributed by atoms with Crippen molar-refractivity contribution in [2.24, 2.45) is 17.8 Å². The zero-order valence-electron chi connectivity index (χ0n) is 20.1. The number of carbonyl (C=O) groups is 1. The van der Waals surface area contributed by atoms with Crippen LogP contribution in [-0.4, -0.2) is 37.6 Å². The average Bonchev–Trinajstić information content (AvgIpc) is 2.77. The van der Waals surface area contributed by atoms with E-state index in [4.69, 9.17) is 9.47 Å². The van der Waals surface area contributed by atoms with Crippen LogP contribution in [0, 0.1) is 17.8 Å². The molecule has 1 aromatic carbocycles. The van der Waals surface area contributed by atoms with Gasteiger partial charge in [-0.1, -0.05) is 50.6 Å². The zero-order valence-corrected chi connectivity index (χ0v) is 20.1. The van der Waals surface area contributed by atoms with Gasteiger partial charge < -0.3 is 14.4 Å². The van der Waals surface area contributed by atoms with E-state index < -0.39 is 0 Å². The summed E-state index contributed by atoms with van der Waals surface area (Å²) in [5.41, 5.74) is 2.68. The minimum absolute atomic E-state index is 0.0215. The lowest BCUT2D eigenvalue weighted by Gasteiger charge is -2.40. The van der Waals surface area contributed by atoms with Gasteiger partial charge in [0, 0.05) is 18.5 Å². The van der Waals surface area contributed by atoms with E-state index in [9.17, 15) is 4.79 Å². The fourth-order valence-corrected chi connectivity index (χ4v) is 5.03. The van der Waals surface area contributed by atoms with Gasteiger partial charge in [-0.05, 0) is 68.1 Å². The minimum atomic E-state index is 0.0215.